The maximum absolute atomic E-state index is 4.58. The molecular formula is C20H21N5. The minimum Gasteiger partial charge on any atom is -0.298 e. The van der Waals surface area contributed by atoms with Crippen LogP contribution in [0.15, 0.2) is 55.0 Å². The molecule has 0 aliphatic carbocycles. The molecule has 1 aliphatic rings. The predicted molar refractivity (Wildman–Crippen MR) is 96.9 cm³/mol. The first-order valence-corrected chi connectivity index (χ1v) is 8.66. The molecule has 1 saturated heterocycles. The van der Waals surface area contributed by atoms with Crippen molar-refractivity contribution in [2.45, 2.75) is 25.8 Å². The molecule has 1 fully saturated rings. The molecule has 1 atom stereocenters. The lowest BCUT2D eigenvalue weighted by atomic mass is 10.1. The summed E-state index contributed by atoms with van der Waals surface area (Å²) in [7, 11) is 0. The topological polar surface area (TPSA) is 54.8 Å². The third-order valence-corrected chi connectivity index (χ3v) is 4.59. The summed E-state index contributed by atoms with van der Waals surface area (Å²) < 4.78 is 0. The van der Waals surface area contributed by atoms with Crippen LogP contribution in [0, 0.1) is 6.92 Å². The van der Waals surface area contributed by atoms with Gasteiger partial charge in [-0.05, 0) is 26.0 Å². The van der Waals surface area contributed by atoms with E-state index in [1.807, 2.05) is 61.9 Å². The molecule has 5 nitrogen and oxygen atoms in total. The number of benzene rings is 1. The molecule has 3 heterocycles. The Balaban J connectivity index is 1.40. The van der Waals surface area contributed by atoms with Gasteiger partial charge in [0.2, 0.25) is 0 Å². The molecule has 0 saturated carbocycles. The van der Waals surface area contributed by atoms with Crippen molar-refractivity contribution < 1.29 is 0 Å². The van der Waals surface area contributed by atoms with Crippen LogP contribution in [-0.4, -0.2) is 37.9 Å². The fourth-order valence-electron chi connectivity index (χ4n) is 3.28. The Morgan fingerprint density at radius 2 is 1.84 bits per heavy atom. The van der Waals surface area contributed by atoms with Gasteiger partial charge >= 0.3 is 0 Å². The number of rotatable bonds is 4. The minimum absolute atomic E-state index is 0.421. The number of aromatic nitrogens is 4. The van der Waals surface area contributed by atoms with Crippen molar-refractivity contribution >= 4 is 0 Å². The van der Waals surface area contributed by atoms with Crippen molar-refractivity contribution in [3.05, 3.63) is 72.1 Å². The average molecular weight is 331 g/mol. The van der Waals surface area contributed by atoms with Crippen LogP contribution in [0.4, 0.5) is 0 Å². The summed E-state index contributed by atoms with van der Waals surface area (Å²) >= 11 is 0. The van der Waals surface area contributed by atoms with Crippen LogP contribution in [0.3, 0.4) is 0 Å². The quantitative estimate of drug-likeness (QED) is 0.735. The SMILES string of the molecule is Cc1ccnc(C2CCN(Cc3cnc(-c4ccccc4)nc3)C2)n1. The fraction of sp³-hybridized carbons (Fsp3) is 0.300. The summed E-state index contributed by atoms with van der Waals surface area (Å²) in [5.74, 6) is 2.17. The zero-order valence-electron chi connectivity index (χ0n) is 14.3. The highest BCUT2D eigenvalue weighted by Gasteiger charge is 2.26. The van der Waals surface area contributed by atoms with Crippen molar-refractivity contribution in [3.8, 4) is 11.4 Å². The fourth-order valence-corrected chi connectivity index (χ4v) is 3.28. The Hall–Kier alpha value is -2.66. The van der Waals surface area contributed by atoms with E-state index in [4.69, 9.17) is 0 Å². The molecule has 1 aromatic carbocycles. The van der Waals surface area contributed by atoms with E-state index < -0.39 is 0 Å². The van der Waals surface area contributed by atoms with Gasteiger partial charge in [-0.3, -0.25) is 4.90 Å². The summed E-state index contributed by atoms with van der Waals surface area (Å²) in [6, 6.07) is 12.0. The highest BCUT2D eigenvalue weighted by molar-refractivity contribution is 5.53. The molecule has 1 aliphatic heterocycles. The third kappa shape index (κ3) is 3.72. The first-order valence-electron chi connectivity index (χ1n) is 8.66. The first kappa shape index (κ1) is 15.8. The van der Waals surface area contributed by atoms with Gasteiger partial charge < -0.3 is 0 Å². The molecule has 4 rings (SSSR count). The predicted octanol–water partition coefficient (Wildman–Crippen LogP) is 3.23. The zero-order chi connectivity index (χ0) is 17.1. The van der Waals surface area contributed by atoms with Crippen molar-refractivity contribution in [1.82, 2.24) is 24.8 Å². The molecule has 0 N–H and O–H groups in total. The molecule has 0 bridgehead atoms. The largest absolute Gasteiger partial charge is 0.298 e. The van der Waals surface area contributed by atoms with E-state index in [1.165, 1.54) is 0 Å². The summed E-state index contributed by atoms with van der Waals surface area (Å²) in [6.07, 6.45) is 6.83. The van der Waals surface area contributed by atoms with Gasteiger partial charge in [-0.1, -0.05) is 30.3 Å². The van der Waals surface area contributed by atoms with Gasteiger partial charge in [0, 0.05) is 54.4 Å². The van der Waals surface area contributed by atoms with Gasteiger partial charge in [0.25, 0.3) is 0 Å². The molecule has 0 radical (unpaired) electrons. The van der Waals surface area contributed by atoms with E-state index in [2.05, 4.69) is 24.8 Å². The monoisotopic (exact) mass is 331 g/mol. The zero-order valence-corrected chi connectivity index (χ0v) is 14.3. The summed E-state index contributed by atoms with van der Waals surface area (Å²) in [5.41, 5.74) is 3.23. The van der Waals surface area contributed by atoms with Crippen molar-refractivity contribution in [2.75, 3.05) is 13.1 Å². The Morgan fingerprint density at radius 3 is 2.60 bits per heavy atom. The van der Waals surface area contributed by atoms with Crippen molar-refractivity contribution in [2.24, 2.45) is 0 Å². The smallest absolute Gasteiger partial charge is 0.159 e. The molecule has 1 unspecified atom stereocenters. The Labute approximate surface area is 147 Å². The Morgan fingerprint density at radius 1 is 1.04 bits per heavy atom. The average Bonchev–Trinajstić information content (AvgIpc) is 3.12. The van der Waals surface area contributed by atoms with Crippen LogP contribution in [0.1, 0.15) is 29.4 Å². The van der Waals surface area contributed by atoms with Gasteiger partial charge in [-0.15, -0.1) is 0 Å². The maximum Gasteiger partial charge on any atom is 0.159 e. The normalized spacial score (nSPS) is 17.7. The molecule has 0 spiro atoms. The van der Waals surface area contributed by atoms with E-state index in [9.17, 15) is 0 Å². The van der Waals surface area contributed by atoms with E-state index in [0.29, 0.717) is 5.92 Å². The lowest BCUT2D eigenvalue weighted by Crippen LogP contribution is -2.20. The van der Waals surface area contributed by atoms with E-state index in [-0.39, 0.29) is 0 Å². The number of hydrogen-bond acceptors (Lipinski definition) is 5. The number of likely N-dealkylation sites (tertiary alicyclic amines) is 1. The standard InChI is InChI=1S/C20H21N5/c1-15-7-9-21-20(24-15)18-8-10-25(14-18)13-16-11-22-19(23-12-16)17-5-3-2-4-6-17/h2-7,9,11-12,18H,8,10,13-14H2,1H3. The lowest BCUT2D eigenvalue weighted by Gasteiger charge is -2.15. The van der Waals surface area contributed by atoms with Gasteiger partial charge in [-0.25, -0.2) is 19.9 Å². The van der Waals surface area contributed by atoms with Crippen LogP contribution in [0.5, 0.6) is 0 Å². The van der Waals surface area contributed by atoms with Gasteiger partial charge in [0.1, 0.15) is 5.82 Å². The number of aryl methyl sites for hydroxylation is 1. The second-order valence-electron chi connectivity index (χ2n) is 6.56. The molecule has 5 heteroatoms. The molecule has 2 aromatic heterocycles. The molecule has 25 heavy (non-hydrogen) atoms. The summed E-state index contributed by atoms with van der Waals surface area (Å²) in [5, 5.41) is 0. The van der Waals surface area contributed by atoms with E-state index in [1.54, 1.807) is 0 Å². The van der Waals surface area contributed by atoms with Gasteiger partial charge in [-0.2, -0.15) is 0 Å². The Kier molecular flexibility index (Phi) is 4.48. The van der Waals surface area contributed by atoms with Gasteiger partial charge in [0.05, 0.1) is 0 Å². The highest BCUT2D eigenvalue weighted by Crippen LogP contribution is 2.25. The lowest BCUT2D eigenvalue weighted by molar-refractivity contribution is 0.325. The summed E-state index contributed by atoms with van der Waals surface area (Å²) in [6.45, 7) is 4.94. The maximum atomic E-state index is 4.58. The van der Waals surface area contributed by atoms with Crippen LogP contribution >= 0.6 is 0 Å². The first-order chi connectivity index (χ1) is 12.3. The van der Waals surface area contributed by atoms with Crippen LogP contribution < -0.4 is 0 Å². The van der Waals surface area contributed by atoms with Crippen LogP contribution in [0.2, 0.25) is 0 Å². The molecule has 126 valence electrons. The molecule has 3 aromatic rings. The van der Waals surface area contributed by atoms with Crippen molar-refractivity contribution in [1.29, 1.82) is 0 Å². The summed E-state index contributed by atoms with van der Waals surface area (Å²) in [4.78, 5) is 20.5. The second-order valence-corrected chi connectivity index (χ2v) is 6.56. The van der Waals surface area contributed by atoms with Gasteiger partial charge in [0.15, 0.2) is 5.82 Å². The number of nitrogens with zero attached hydrogens (tertiary/aromatic N) is 5. The number of hydrogen-bond donors (Lipinski definition) is 0. The van der Waals surface area contributed by atoms with Crippen molar-refractivity contribution in [3.63, 3.8) is 0 Å². The third-order valence-electron chi connectivity index (χ3n) is 4.59. The minimum atomic E-state index is 0.421. The second kappa shape index (κ2) is 7.07. The van der Waals surface area contributed by atoms with E-state index >= 15 is 0 Å². The van der Waals surface area contributed by atoms with E-state index in [0.717, 1.165) is 54.5 Å². The Bertz CT molecular complexity index is 832. The molecular weight excluding hydrogens is 310 g/mol. The van der Waals surface area contributed by atoms with Crippen LogP contribution in [0.25, 0.3) is 11.4 Å². The highest BCUT2D eigenvalue weighted by atomic mass is 15.2. The van der Waals surface area contributed by atoms with Crippen LogP contribution in [-0.2, 0) is 6.54 Å². The molecule has 0 amide bonds.